The van der Waals surface area contributed by atoms with Crippen molar-refractivity contribution in [3.8, 4) is 11.5 Å². The van der Waals surface area contributed by atoms with Crippen molar-refractivity contribution >= 4 is 29.3 Å². The van der Waals surface area contributed by atoms with Gasteiger partial charge >= 0.3 is 0 Å². The summed E-state index contributed by atoms with van der Waals surface area (Å²) in [6.07, 6.45) is 0.484. The van der Waals surface area contributed by atoms with Crippen LogP contribution in [0.1, 0.15) is 18.9 Å². The van der Waals surface area contributed by atoms with Gasteiger partial charge in [0.05, 0.1) is 13.2 Å². The molecule has 2 aromatic rings. The van der Waals surface area contributed by atoms with Crippen LogP contribution in [0.25, 0.3) is 0 Å². The fourth-order valence-electron chi connectivity index (χ4n) is 2.21. The predicted octanol–water partition coefficient (Wildman–Crippen LogP) is 4.56. The van der Waals surface area contributed by atoms with Crippen molar-refractivity contribution in [3.63, 3.8) is 0 Å². The molecule has 0 aliphatic carbocycles. The van der Waals surface area contributed by atoms with E-state index in [0.717, 1.165) is 28.6 Å². The lowest BCUT2D eigenvalue weighted by Gasteiger charge is -2.08. The fraction of sp³-hybridized carbons (Fsp3) is 0.350. The molecule has 4 nitrogen and oxygen atoms in total. The lowest BCUT2D eigenvalue weighted by Crippen LogP contribution is -2.23. The summed E-state index contributed by atoms with van der Waals surface area (Å²) in [6.45, 7) is 3.69. The molecular formula is C20H24ClNO3S. The molecule has 140 valence electrons. The molecule has 1 amide bonds. The first-order valence-electron chi connectivity index (χ1n) is 8.62. The van der Waals surface area contributed by atoms with Crippen molar-refractivity contribution in [2.24, 2.45) is 0 Å². The Morgan fingerprint density at radius 3 is 2.42 bits per heavy atom. The molecule has 26 heavy (non-hydrogen) atoms. The number of nitrogens with one attached hydrogen (secondary N) is 1. The highest BCUT2D eigenvalue weighted by atomic mass is 35.5. The highest BCUT2D eigenvalue weighted by molar-refractivity contribution is 7.99. The lowest BCUT2D eigenvalue weighted by atomic mass is 10.2. The van der Waals surface area contributed by atoms with Crippen LogP contribution in [0.2, 0.25) is 5.02 Å². The Hall–Kier alpha value is -1.85. The molecule has 0 saturated heterocycles. The van der Waals surface area contributed by atoms with Gasteiger partial charge in [0.1, 0.15) is 11.5 Å². The second kappa shape index (κ2) is 11.7. The van der Waals surface area contributed by atoms with Crippen molar-refractivity contribution in [2.45, 2.75) is 19.9 Å². The number of halogens is 1. The summed E-state index contributed by atoms with van der Waals surface area (Å²) in [4.78, 5) is 11.9. The molecule has 0 heterocycles. The summed E-state index contributed by atoms with van der Waals surface area (Å²) < 4.78 is 11.1. The largest absolute Gasteiger partial charge is 0.494 e. The van der Waals surface area contributed by atoms with E-state index >= 15 is 0 Å². The Morgan fingerprint density at radius 2 is 1.73 bits per heavy atom. The van der Waals surface area contributed by atoms with Crippen LogP contribution in [0.15, 0.2) is 48.5 Å². The number of carbonyl (C=O) groups excluding carboxylic acids is 1. The second-order valence-electron chi connectivity index (χ2n) is 5.48. The quantitative estimate of drug-likeness (QED) is 0.568. The topological polar surface area (TPSA) is 47.6 Å². The van der Waals surface area contributed by atoms with Gasteiger partial charge in [-0.1, -0.05) is 29.8 Å². The Bertz CT molecular complexity index is 679. The van der Waals surface area contributed by atoms with Crippen LogP contribution in [0.4, 0.5) is 0 Å². The average Bonchev–Trinajstić information content (AvgIpc) is 2.65. The van der Waals surface area contributed by atoms with Gasteiger partial charge in [0.25, 0.3) is 0 Å². The molecule has 0 aliphatic heterocycles. The Balaban J connectivity index is 1.53. The molecule has 0 atom stereocenters. The number of benzene rings is 2. The molecule has 0 radical (unpaired) electrons. The predicted molar refractivity (Wildman–Crippen MR) is 108 cm³/mol. The van der Waals surface area contributed by atoms with Crippen LogP contribution in [-0.2, 0) is 11.3 Å². The van der Waals surface area contributed by atoms with Crippen LogP contribution >= 0.6 is 23.4 Å². The highest BCUT2D eigenvalue weighted by Gasteiger charge is 2.04. The number of rotatable bonds is 11. The van der Waals surface area contributed by atoms with Gasteiger partial charge in [-0.2, -0.15) is 11.8 Å². The van der Waals surface area contributed by atoms with Crippen LogP contribution < -0.4 is 14.8 Å². The average molecular weight is 394 g/mol. The normalized spacial score (nSPS) is 10.4. The minimum absolute atomic E-state index is 0.0323. The van der Waals surface area contributed by atoms with Crippen molar-refractivity contribution in [1.82, 2.24) is 5.32 Å². The van der Waals surface area contributed by atoms with Crippen molar-refractivity contribution in [3.05, 3.63) is 59.1 Å². The van der Waals surface area contributed by atoms with Crippen molar-refractivity contribution < 1.29 is 14.3 Å². The molecule has 0 bridgehead atoms. The zero-order valence-electron chi connectivity index (χ0n) is 14.9. The molecule has 2 aromatic carbocycles. The molecule has 0 aliphatic rings. The van der Waals surface area contributed by atoms with E-state index in [2.05, 4.69) is 5.32 Å². The summed E-state index contributed by atoms with van der Waals surface area (Å²) in [5.41, 5.74) is 0.930. The molecule has 0 aromatic heterocycles. The van der Waals surface area contributed by atoms with Gasteiger partial charge in [-0.25, -0.2) is 0 Å². The standard InChI is InChI=1S/C20H24ClNO3S/c1-2-24-17-7-9-18(10-8-17)25-12-14-26-13-11-20(23)22-15-16-5-3-4-6-19(16)21/h3-10H,2,11-15H2,1H3,(H,22,23). The summed E-state index contributed by atoms with van der Waals surface area (Å²) in [5, 5.41) is 3.57. The third kappa shape index (κ3) is 7.58. The number of amides is 1. The van der Waals surface area contributed by atoms with E-state index in [4.69, 9.17) is 21.1 Å². The minimum Gasteiger partial charge on any atom is -0.494 e. The Kier molecular flexibility index (Phi) is 9.21. The number of carbonyl (C=O) groups is 1. The van der Waals surface area contributed by atoms with Gasteiger partial charge in [-0.05, 0) is 42.8 Å². The number of hydrogen-bond acceptors (Lipinski definition) is 4. The lowest BCUT2D eigenvalue weighted by molar-refractivity contribution is -0.120. The molecule has 0 unspecified atom stereocenters. The van der Waals surface area contributed by atoms with Crippen molar-refractivity contribution in [1.29, 1.82) is 0 Å². The van der Waals surface area contributed by atoms with Crippen LogP contribution in [0.3, 0.4) is 0 Å². The van der Waals surface area contributed by atoms with E-state index in [1.165, 1.54) is 0 Å². The van der Waals surface area contributed by atoms with E-state index < -0.39 is 0 Å². The van der Waals surface area contributed by atoms with Gasteiger partial charge in [0, 0.05) is 29.5 Å². The Morgan fingerprint density at radius 1 is 1.04 bits per heavy atom. The van der Waals surface area contributed by atoms with E-state index in [0.29, 0.717) is 31.2 Å². The maximum atomic E-state index is 11.9. The summed E-state index contributed by atoms with van der Waals surface area (Å²) >= 11 is 7.77. The minimum atomic E-state index is 0.0323. The van der Waals surface area contributed by atoms with Crippen LogP contribution in [-0.4, -0.2) is 30.6 Å². The zero-order valence-corrected chi connectivity index (χ0v) is 16.4. The van der Waals surface area contributed by atoms with E-state index in [1.807, 2.05) is 55.5 Å². The Labute approximate surface area is 164 Å². The van der Waals surface area contributed by atoms with Crippen LogP contribution in [0, 0.1) is 0 Å². The molecular weight excluding hydrogens is 370 g/mol. The SMILES string of the molecule is CCOc1ccc(OCCSCCC(=O)NCc2ccccc2Cl)cc1. The van der Waals surface area contributed by atoms with Gasteiger partial charge < -0.3 is 14.8 Å². The summed E-state index contributed by atoms with van der Waals surface area (Å²) in [6, 6.07) is 15.1. The first-order chi connectivity index (χ1) is 12.7. The number of hydrogen-bond donors (Lipinski definition) is 1. The third-order valence-electron chi connectivity index (χ3n) is 3.54. The monoisotopic (exact) mass is 393 g/mol. The molecule has 6 heteroatoms. The van der Waals surface area contributed by atoms with E-state index in [9.17, 15) is 4.79 Å². The maximum Gasteiger partial charge on any atom is 0.221 e. The van der Waals surface area contributed by atoms with Gasteiger partial charge in [0.2, 0.25) is 5.91 Å². The molecule has 2 rings (SSSR count). The summed E-state index contributed by atoms with van der Waals surface area (Å²) in [7, 11) is 0. The van der Waals surface area contributed by atoms with Crippen LogP contribution in [0.5, 0.6) is 11.5 Å². The molecule has 0 saturated carbocycles. The molecule has 1 N–H and O–H groups in total. The first-order valence-corrected chi connectivity index (χ1v) is 10.2. The zero-order chi connectivity index (χ0) is 18.6. The molecule has 0 spiro atoms. The molecule has 0 fully saturated rings. The third-order valence-corrected chi connectivity index (χ3v) is 4.86. The first kappa shape index (κ1) is 20.5. The number of thioether (sulfide) groups is 1. The van der Waals surface area contributed by atoms with E-state index in [1.54, 1.807) is 11.8 Å². The fourth-order valence-corrected chi connectivity index (χ4v) is 3.15. The maximum absolute atomic E-state index is 11.9. The number of ether oxygens (including phenoxy) is 2. The van der Waals surface area contributed by atoms with Crippen molar-refractivity contribution in [2.75, 3.05) is 24.7 Å². The summed E-state index contributed by atoms with van der Waals surface area (Å²) in [5.74, 6) is 3.31. The smallest absolute Gasteiger partial charge is 0.221 e. The van der Waals surface area contributed by atoms with Gasteiger partial charge in [0.15, 0.2) is 0 Å². The van der Waals surface area contributed by atoms with E-state index in [-0.39, 0.29) is 5.91 Å². The van der Waals surface area contributed by atoms with Gasteiger partial charge in [-0.3, -0.25) is 4.79 Å². The van der Waals surface area contributed by atoms with Gasteiger partial charge in [-0.15, -0.1) is 0 Å². The second-order valence-corrected chi connectivity index (χ2v) is 7.12. The highest BCUT2D eigenvalue weighted by Crippen LogP contribution is 2.18.